The molecule has 1 amide bonds. The number of hydrogen-bond donors (Lipinski definition) is 1. The predicted octanol–water partition coefficient (Wildman–Crippen LogP) is 4.78. The van der Waals surface area contributed by atoms with Crippen LogP contribution in [0.5, 0.6) is 11.5 Å². The van der Waals surface area contributed by atoms with Gasteiger partial charge in [0.1, 0.15) is 11.5 Å². The molecule has 6 nitrogen and oxygen atoms in total. The topological polar surface area (TPSA) is 96.3 Å². The Morgan fingerprint density at radius 2 is 1.67 bits per heavy atom. The van der Waals surface area contributed by atoms with E-state index >= 15 is 0 Å². The molecule has 0 aliphatic rings. The largest absolute Gasteiger partial charge is 0.457 e. The fraction of sp³-hybridized carbons (Fsp3) is 0.130. The zero-order chi connectivity index (χ0) is 21.7. The van der Waals surface area contributed by atoms with Gasteiger partial charge in [0.25, 0.3) is 5.91 Å². The van der Waals surface area contributed by atoms with E-state index in [1.54, 1.807) is 74.5 Å². The quantitative estimate of drug-likeness (QED) is 0.619. The monoisotopic (exact) mass is 420 g/mol. The van der Waals surface area contributed by atoms with E-state index in [0.29, 0.717) is 22.7 Å². The maximum Gasteiger partial charge on any atom is 0.256 e. The van der Waals surface area contributed by atoms with Gasteiger partial charge >= 0.3 is 0 Å². The van der Waals surface area contributed by atoms with Gasteiger partial charge < -0.3 is 10.1 Å². The van der Waals surface area contributed by atoms with E-state index in [4.69, 9.17) is 10.00 Å². The molecular weight excluding hydrogens is 400 g/mol. The third kappa shape index (κ3) is 4.67. The molecule has 0 spiro atoms. The minimum absolute atomic E-state index is 0.00910. The van der Waals surface area contributed by atoms with Crippen LogP contribution in [0.15, 0.2) is 77.7 Å². The lowest BCUT2D eigenvalue weighted by molar-refractivity contribution is 0.102. The summed E-state index contributed by atoms with van der Waals surface area (Å²) in [5.74, 6) is 0.551. The first-order chi connectivity index (χ1) is 14.3. The predicted molar refractivity (Wildman–Crippen MR) is 114 cm³/mol. The molecule has 3 aromatic rings. The molecule has 0 unspecified atom stereocenters. The number of carbonyl (C=O) groups is 1. The van der Waals surface area contributed by atoms with Crippen LogP contribution >= 0.6 is 0 Å². The van der Waals surface area contributed by atoms with E-state index in [1.807, 2.05) is 0 Å². The normalized spacial score (nSPS) is 11.0. The average molecular weight is 420 g/mol. The molecule has 0 radical (unpaired) electrons. The number of anilines is 1. The number of hydrogen-bond acceptors (Lipinski definition) is 5. The van der Waals surface area contributed by atoms with Crippen molar-refractivity contribution in [3.05, 3.63) is 83.9 Å². The number of ether oxygens (including phenoxy) is 1. The van der Waals surface area contributed by atoms with Crippen molar-refractivity contribution in [2.24, 2.45) is 0 Å². The second kappa shape index (κ2) is 8.80. The molecular formula is C23H20N2O4S. The molecule has 0 saturated carbocycles. The van der Waals surface area contributed by atoms with Crippen molar-refractivity contribution < 1.29 is 17.9 Å². The molecule has 30 heavy (non-hydrogen) atoms. The molecule has 0 aliphatic heterocycles. The van der Waals surface area contributed by atoms with Gasteiger partial charge in [-0.3, -0.25) is 4.79 Å². The Morgan fingerprint density at radius 3 is 2.33 bits per heavy atom. The van der Waals surface area contributed by atoms with E-state index < -0.39 is 21.0 Å². The summed E-state index contributed by atoms with van der Waals surface area (Å²) in [4.78, 5) is 12.7. The highest BCUT2D eigenvalue weighted by Gasteiger charge is 2.25. The molecule has 3 rings (SSSR count). The summed E-state index contributed by atoms with van der Waals surface area (Å²) in [6.07, 6.45) is 0. The molecule has 0 heterocycles. The SMILES string of the molecule is CC(C)S(=O)(=O)c1ccccc1C(=O)Nc1ccc(Oc2cccc(C#N)c2)cc1. The number of sulfone groups is 1. The highest BCUT2D eigenvalue weighted by Crippen LogP contribution is 2.25. The van der Waals surface area contributed by atoms with Crippen LogP contribution in [-0.2, 0) is 9.84 Å². The first-order valence-electron chi connectivity index (χ1n) is 9.23. The van der Waals surface area contributed by atoms with Crippen molar-refractivity contribution in [3.63, 3.8) is 0 Å². The van der Waals surface area contributed by atoms with Gasteiger partial charge in [-0.1, -0.05) is 18.2 Å². The molecule has 0 aliphatic carbocycles. The summed E-state index contributed by atoms with van der Waals surface area (Å²) >= 11 is 0. The minimum atomic E-state index is -3.60. The molecule has 0 bridgehead atoms. The van der Waals surface area contributed by atoms with Gasteiger partial charge in [0, 0.05) is 5.69 Å². The highest BCUT2D eigenvalue weighted by molar-refractivity contribution is 7.92. The number of amides is 1. The van der Waals surface area contributed by atoms with Crippen LogP contribution in [0.25, 0.3) is 0 Å². The number of nitrogens with one attached hydrogen (secondary N) is 1. The van der Waals surface area contributed by atoms with Crippen LogP contribution in [0.3, 0.4) is 0 Å². The molecule has 0 saturated heterocycles. The summed E-state index contributed by atoms with van der Waals surface area (Å²) in [5, 5.41) is 11.0. The van der Waals surface area contributed by atoms with Gasteiger partial charge in [-0.05, 0) is 68.4 Å². The van der Waals surface area contributed by atoms with E-state index in [0.717, 1.165) is 0 Å². The summed E-state index contributed by atoms with van der Waals surface area (Å²) in [6.45, 7) is 3.16. The van der Waals surface area contributed by atoms with Crippen molar-refractivity contribution in [2.45, 2.75) is 24.0 Å². The lowest BCUT2D eigenvalue weighted by Crippen LogP contribution is -2.20. The van der Waals surface area contributed by atoms with Gasteiger partial charge in [-0.2, -0.15) is 5.26 Å². The van der Waals surface area contributed by atoms with Crippen LogP contribution in [0.4, 0.5) is 5.69 Å². The van der Waals surface area contributed by atoms with E-state index in [-0.39, 0.29) is 10.5 Å². The van der Waals surface area contributed by atoms with Crippen LogP contribution in [0.1, 0.15) is 29.8 Å². The lowest BCUT2D eigenvalue weighted by atomic mass is 10.2. The first kappa shape index (κ1) is 21.1. The second-order valence-electron chi connectivity index (χ2n) is 6.81. The summed E-state index contributed by atoms with van der Waals surface area (Å²) in [5.41, 5.74) is 1.08. The lowest BCUT2D eigenvalue weighted by Gasteiger charge is -2.13. The highest BCUT2D eigenvalue weighted by atomic mass is 32.2. The molecule has 152 valence electrons. The Balaban J connectivity index is 1.77. The maximum atomic E-state index is 12.7. The van der Waals surface area contributed by atoms with E-state index in [2.05, 4.69) is 11.4 Å². The van der Waals surface area contributed by atoms with Crippen LogP contribution < -0.4 is 10.1 Å². The van der Waals surface area contributed by atoms with Gasteiger partial charge in [-0.15, -0.1) is 0 Å². The Bertz CT molecular complexity index is 1210. The van der Waals surface area contributed by atoms with E-state index in [1.165, 1.54) is 12.1 Å². The summed E-state index contributed by atoms with van der Waals surface area (Å²) in [6, 6.07) is 21.6. The van der Waals surface area contributed by atoms with E-state index in [9.17, 15) is 13.2 Å². The first-order valence-corrected chi connectivity index (χ1v) is 10.8. The Kier molecular flexibility index (Phi) is 6.19. The fourth-order valence-corrected chi connectivity index (χ4v) is 3.97. The summed E-state index contributed by atoms with van der Waals surface area (Å²) < 4.78 is 30.8. The molecule has 3 aromatic carbocycles. The van der Waals surface area contributed by atoms with Crippen molar-refractivity contribution >= 4 is 21.4 Å². The van der Waals surface area contributed by atoms with Crippen molar-refractivity contribution in [2.75, 3.05) is 5.32 Å². The van der Waals surface area contributed by atoms with Crippen molar-refractivity contribution in [1.29, 1.82) is 5.26 Å². The fourth-order valence-electron chi connectivity index (χ4n) is 2.73. The zero-order valence-corrected chi connectivity index (χ0v) is 17.3. The zero-order valence-electron chi connectivity index (χ0n) is 16.5. The Morgan fingerprint density at radius 1 is 0.967 bits per heavy atom. The maximum absolute atomic E-state index is 12.7. The Hall–Kier alpha value is -3.63. The van der Waals surface area contributed by atoms with Gasteiger partial charge in [-0.25, -0.2) is 8.42 Å². The van der Waals surface area contributed by atoms with Crippen LogP contribution in [0.2, 0.25) is 0 Å². The van der Waals surface area contributed by atoms with Crippen LogP contribution in [0, 0.1) is 11.3 Å². The number of rotatable bonds is 6. The molecule has 7 heteroatoms. The van der Waals surface area contributed by atoms with Crippen molar-refractivity contribution in [3.8, 4) is 17.6 Å². The van der Waals surface area contributed by atoms with Gasteiger partial charge in [0.2, 0.25) is 0 Å². The average Bonchev–Trinajstić information content (AvgIpc) is 2.75. The summed E-state index contributed by atoms with van der Waals surface area (Å²) in [7, 11) is -3.60. The molecule has 0 aromatic heterocycles. The number of benzene rings is 3. The minimum Gasteiger partial charge on any atom is -0.457 e. The molecule has 1 N–H and O–H groups in total. The third-order valence-electron chi connectivity index (χ3n) is 4.37. The number of nitriles is 1. The van der Waals surface area contributed by atoms with Crippen LogP contribution in [-0.4, -0.2) is 19.6 Å². The standard InChI is InChI=1S/C23H20N2O4S/c1-16(2)30(27,28)22-9-4-3-8-21(22)23(26)25-18-10-12-19(13-11-18)29-20-7-5-6-17(14-20)15-24/h3-14,16H,1-2H3,(H,25,26). The second-order valence-corrected chi connectivity index (χ2v) is 9.28. The van der Waals surface area contributed by atoms with Crippen molar-refractivity contribution in [1.82, 2.24) is 0 Å². The Labute approximate surface area is 175 Å². The van der Waals surface area contributed by atoms with Gasteiger partial charge in [0.05, 0.1) is 27.3 Å². The number of carbonyl (C=O) groups excluding carboxylic acids is 1. The number of nitrogens with zero attached hydrogens (tertiary/aromatic N) is 1. The molecule has 0 fully saturated rings. The van der Waals surface area contributed by atoms with Gasteiger partial charge in [0.15, 0.2) is 9.84 Å². The third-order valence-corrected chi connectivity index (χ3v) is 6.58. The smallest absolute Gasteiger partial charge is 0.256 e. The molecule has 0 atom stereocenters.